The maximum Gasteiger partial charge on any atom is 0.187 e. The smallest absolute Gasteiger partial charge is 0.187 e. The molecule has 2 nitrogen and oxygen atoms in total. The number of Topliss-reactive ketones (excluding diaryl/α,β-unsaturated/α-hetero) is 1. The van der Waals surface area contributed by atoms with Crippen molar-refractivity contribution in [1.29, 1.82) is 0 Å². The molecule has 0 heterocycles. The van der Waals surface area contributed by atoms with E-state index < -0.39 is 6.10 Å². The van der Waals surface area contributed by atoms with Crippen LogP contribution in [0.15, 0.2) is 22.8 Å². The summed E-state index contributed by atoms with van der Waals surface area (Å²) in [7, 11) is 0. The molecule has 3 atom stereocenters. The lowest BCUT2D eigenvalue weighted by molar-refractivity contribution is -0.129. The van der Waals surface area contributed by atoms with E-state index in [2.05, 4.69) is 19.9 Å². The van der Waals surface area contributed by atoms with Crippen LogP contribution in [0.25, 0.3) is 0 Å². The Balaban J connectivity index is 2.53. The highest BCUT2D eigenvalue weighted by atomic mass is 16.3. The molecule has 0 spiro atoms. The lowest BCUT2D eigenvalue weighted by Crippen LogP contribution is -2.45. The fourth-order valence-corrected chi connectivity index (χ4v) is 3.24. The van der Waals surface area contributed by atoms with Crippen LogP contribution in [0.4, 0.5) is 0 Å². The van der Waals surface area contributed by atoms with Crippen molar-refractivity contribution in [2.24, 2.45) is 11.3 Å². The fourth-order valence-electron chi connectivity index (χ4n) is 3.24. The molecule has 0 saturated heterocycles. The molecule has 0 aromatic heterocycles. The first-order chi connectivity index (χ1) is 7.88. The third kappa shape index (κ3) is 1.79. The van der Waals surface area contributed by atoms with Gasteiger partial charge in [-0.2, -0.15) is 0 Å². The molecule has 0 bridgehead atoms. The summed E-state index contributed by atoms with van der Waals surface area (Å²) in [4.78, 5) is 12.0. The molecule has 1 N–H and O–H groups in total. The Morgan fingerprint density at radius 3 is 2.65 bits per heavy atom. The molecule has 2 aliphatic carbocycles. The fraction of sp³-hybridized carbons (Fsp3) is 0.667. The Morgan fingerprint density at radius 2 is 2.00 bits per heavy atom. The molecule has 2 rings (SSSR count). The SMILES string of the molecule is CC1=CC[C@]2(C)C(=C(C)C(=O)[C@H](O)[C@H]2C)CC1. The number of aliphatic hydroxyl groups excluding tert-OH is 1. The molecule has 0 aliphatic heterocycles. The van der Waals surface area contributed by atoms with Gasteiger partial charge in [-0.1, -0.05) is 31.1 Å². The summed E-state index contributed by atoms with van der Waals surface area (Å²) in [6, 6.07) is 0. The van der Waals surface area contributed by atoms with Crippen molar-refractivity contribution < 1.29 is 9.90 Å². The maximum atomic E-state index is 12.0. The number of hydrogen-bond donors (Lipinski definition) is 1. The predicted octanol–water partition coefficient (Wildman–Crippen LogP) is 3.02. The van der Waals surface area contributed by atoms with Gasteiger partial charge in [0.05, 0.1) is 0 Å². The highest BCUT2D eigenvalue weighted by Crippen LogP contribution is 2.50. The van der Waals surface area contributed by atoms with E-state index in [1.165, 1.54) is 11.1 Å². The van der Waals surface area contributed by atoms with E-state index in [1.807, 2.05) is 13.8 Å². The van der Waals surface area contributed by atoms with Crippen molar-refractivity contribution in [3.63, 3.8) is 0 Å². The van der Waals surface area contributed by atoms with Gasteiger partial charge in [0.15, 0.2) is 5.78 Å². The van der Waals surface area contributed by atoms with Crippen molar-refractivity contribution in [2.45, 2.75) is 53.1 Å². The second-order valence-electron chi connectivity index (χ2n) is 5.87. The van der Waals surface area contributed by atoms with Gasteiger partial charge in [0.2, 0.25) is 0 Å². The van der Waals surface area contributed by atoms with Crippen LogP contribution in [0.5, 0.6) is 0 Å². The molecule has 0 radical (unpaired) electrons. The van der Waals surface area contributed by atoms with Gasteiger partial charge in [-0.3, -0.25) is 4.79 Å². The van der Waals surface area contributed by atoms with Gasteiger partial charge in [-0.05, 0) is 50.0 Å². The van der Waals surface area contributed by atoms with Crippen molar-refractivity contribution in [3.8, 4) is 0 Å². The lowest BCUT2D eigenvalue weighted by Gasteiger charge is -2.43. The molecule has 17 heavy (non-hydrogen) atoms. The van der Waals surface area contributed by atoms with Gasteiger partial charge >= 0.3 is 0 Å². The Hall–Kier alpha value is -0.890. The standard InChI is InChI=1S/C15H22O2/c1-9-5-6-12-10(2)13(16)14(17)11(3)15(12,4)8-7-9/h7,11,14,17H,5-6,8H2,1-4H3/t11-,14-,15+/m1/s1. The van der Waals surface area contributed by atoms with Crippen LogP contribution in [-0.2, 0) is 4.79 Å². The zero-order valence-corrected chi connectivity index (χ0v) is 11.2. The third-order valence-corrected chi connectivity index (χ3v) is 4.90. The third-order valence-electron chi connectivity index (χ3n) is 4.90. The van der Waals surface area contributed by atoms with Crippen molar-refractivity contribution in [3.05, 3.63) is 22.8 Å². The van der Waals surface area contributed by atoms with Crippen LogP contribution in [0.1, 0.15) is 47.0 Å². The Kier molecular flexibility index (Phi) is 3.03. The van der Waals surface area contributed by atoms with Gasteiger partial charge in [0.25, 0.3) is 0 Å². The van der Waals surface area contributed by atoms with Gasteiger partial charge in [0.1, 0.15) is 6.10 Å². The van der Waals surface area contributed by atoms with Crippen LogP contribution in [0.3, 0.4) is 0 Å². The van der Waals surface area contributed by atoms with Crippen molar-refractivity contribution >= 4 is 5.78 Å². The zero-order chi connectivity index (χ0) is 12.8. The van der Waals surface area contributed by atoms with Crippen LogP contribution < -0.4 is 0 Å². The summed E-state index contributed by atoms with van der Waals surface area (Å²) in [5.74, 6) is -0.0552. The van der Waals surface area contributed by atoms with E-state index in [4.69, 9.17) is 0 Å². The zero-order valence-electron chi connectivity index (χ0n) is 11.2. The van der Waals surface area contributed by atoms with Crippen molar-refractivity contribution in [1.82, 2.24) is 0 Å². The van der Waals surface area contributed by atoms with E-state index in [9.17, 15) is 9.90 Å². The first-order valence-electron chi connectivity index (χ1n) is 6.46. The molecule has 2 heteroatoms. The molecule has 0 aromatic carbocycles. The summed E-state index contributed by atoms with van der Waals surface area (Å²) in [5, 5.41) is 10.1. The average Bonchev–Trinajstić information content (AvgIpc) is 2.46. The number of rotatable bonds is 0. The second-order valence-corrected chi connectivity index (χ2v) is 5.87. The molecule has 0 saturated carbocycles. The Morgan fingerprint density at radius 1 is 1.35 bits per heavy atom. The normalized spacial score (nSPS) is 38.6. The number of hydrogen-bond acceptors (Lipinski definition) is 2. The summed E-state index contributed by atoms with van der Waals surface area (Å²) >= 11 is 0. The number of fused-ring (bicyclic) bond motifs is 1. The number of aliphatic hydroxyl groups is 1. The van der Waals surface area contributed by atoms with Crippen LogP contribution in [-0.4, -0.2) is 17.0 Å². The minimum Gasteiger partial charge on any atom is -0.385 e. The summed E-state index contributed by atoms with van der Waals surface area (Å²) in [6.45, 7) is 8.23. The van der Waals surface area contributed by atoms with E-state index in [-0.39, 0.29) is 17.1 Å². The lowest BCUT2D eigenvalue weighted by atomic mass is 9.61. The molecule has 0 unspecified atom stereocenters. The second kappa shape index (κ2) is 4.09. The summed E-state index contributed by atoms with van der Waals surface area (Å²) in [5.41, 5.74) is 3.43. The number of carbonyl (C=O) groups is 1. The van der Waals surface area contributed by atoms with E-state index in [0.717, 1.165) is 24.8 Å². The van der Waals surface area contributed by atoms with Gasteiger partial charge in [-0.25, -0.2) is 0 Å². The van der Waals surface area contributed by atoms with E-state index in [0.29, 0.717) is 0 Å². The minimum atomic E-state index is -0.824. The van der Waals surface area contributed by atoms with Gasteiger partial charge < -0.3 is 5.11 Å². The van der Waals surface area contributed by atoms with Gasteiger partial charge in [-0.15, -0.1) is 0 Å². The predicted molar refractivity (Wildman–Crippen MR) is 68.6 cm³/mol. The number of carbonyl (C=O) groups excluding carboxylic acids is 1. The Bertz CT molecular complexity index is 417. The van der Waals surface area contributed by atoms with E-state index in [1.54, 1.807) is 0 Å². The van der Waals surface area contributed by atoms with E-state index >= 15 is 0 Å². The monoisotopic (exact) mass is 234 g/mol. The molecule has 0 aromatic rings. The van der Waals surface area contributed by atoms with Crippen LogP contribution >= 0.6 is 0 Å². The highest BCUT2D eigenvalue weighted by Gasteiger charge is 2.46. The molecular weight excluding hydrogens is 212 g/mol. The largest absolute Gasteiger partial charge is 0.385 e. The molecule has 94 valence electrons. The summed E-state index contributed by atoms with van der Waals surface area (Å²) < 4.78 is 0. The molecule has 2 aliphatic rings. The first kappa shape index (κ1) is 12.6. The number of allylic oxidation sites excluding steroid dienone is 3. The molecule has 0 amide bonds. The quantitative estimate of drug-likeness (QED) is 0.654. The summed E-state index contributed by atoms with van der Waals surface area (Å²) in [6.07, 6.45) is 4.40. The van der Waals surface area contributed by atoms with Crippen LogP contribution in [0, 0.1) is 11.3 Å². The van der Waals surface area contributed by atoms with Crippen LogP contribution in [0.2, 0.25) is 0 Å². The Labute approximate surface area is 103 Å². The topological polar surface area (TPSA) is 37.3 Å². The van der Waals surface area contributed by atoms with Gasteiger partial charge in [0, 0.05) is 0 Å². The number of ketones is 1. The average molecular weight is 234 g/mol. The highest BCUT2D eigenvalue weighted by molar-refractivity contribution is 6.00. The van der Waals surface area contributed by atoms with Crippen molar-refractivity contribution in [2.75, 3.05) is 0 Å². The molecule has 0 fully saturated rings. The molecular formula is C15H22O2. The maximum absolute atomic E-state index is 12.0. The first-order valence-corrected chi connectivity index (χ1v) is 6.46. The minimum absolute atomic E-state index is 0.0100.